The summed E-state index contributed by atoms with van der Waals surface area (Å²) >= 11 is 0. The maximum Gasteiger partial charge on any atom is 0.231 e. The van der Waals surface area contributed by atoms with Crippen LogP contribution in [0.3, 0.4) is 0 Å². The number of carbonyl (C=O) groups excluding carboxylic acids is 1. The number of amides is 1. The van der Waals surface area contributed by atoms with Gasteiger partial charge in [-0.1, -0.05) is 38.1 Å². The van der Waals surface area contributed by atoms with Crippen LogP contribution in [0.1, 0.15) is 38.4 Å². The maximum atomic E-state index is 12.5. The van der Waals surface area contributed by atoms with Crippen LogP contribution in [0.5, 0.6) is 0 Å². The van der Waals surface area contributed by atoms with Gasteiger partial charge in [0.25, 0.3) is 0 Å². The van der Waals surface area contributed by atoms with E-state index < -0.39 is 0 Å². The molecule has 0 saturated heterocycles. The average Bonchev–Trinajstić information content (AvgIpc) is 3.46. The highest BCUT2D eigenvalue weighted by molar-refractivity contribution is 5.91. The monoisotopic (exact) mass is 488 g/mol. The number of benzene rings is 2. The highest BCUT2D eigenvalue weighted by Gasteiger charge is 2.19. The van der Waals surface area contributed by atoms with Crippen LogP contribution in [0.4, 0.5) is 11.6 Å². The second kappa shape index (κ2) is 10.5. The fraction of sp³-hybridized carbons (Fsp3) is 0.393. The third-order valence-corrected chi connectivity index (χ3v) is 6.19. The minimum absolute atomic E-state index is 0.136. The van der Waals surface area contributed by atoms with Crippen LogP contribution >= 0.6 is 0 Å². The standard InChI is InChI=1S/C28H36N6O2/c1-28(2,3)25-18-27(36-31-25)30-26(35)16-20-8-10-21(11-9-20)34-19-29-23-17-22(12-13-24(23)34)33(6)15-7-14-32(4)5/h8-13,17-19H,7,14-16H2,1-6H3,(H,30,35). The first-order chi connectivity index (χ1) is 17.1. The van der Waals surface area contributed by atoms with Crippen molar-refractivity contribution in [1.29, 1.82) is 0 Å². The molecule has 8 heteroatoms. The second-order valence-corrected chi connectivity index (χ2v) is 10.6. The Kier molecular flexibility index (Phi) is 7.45. The first-order valence-corrected chi connectivity index (χ1v) is 12.3. The topological polar surface area (TPSA) is 79.4 Å². The molecule has 0 bridgehead atoms. The molecule has 8 nitrogen and oxygen atoms in total. The van der Waals surface area contributed by atoms with Gasteiger partial charge >= 0.3 is 0 Å². The molecule has 1 amide bonds. The molecule has 0 aliphatic carbocycles. The lowest BCUT2D eigenvalue weighted by Gasteiger charge is -2.20. The zero-order chi connectivity index (χ0) is 25.9. The molecule has 4 rings (SSSR count). The van der Waals surface area contributed by atoms with E-state index in [1.54, 1.807) is 6.07 Å². The molecule has 0 aliphatic heterocycles. The third-order valence-electron chi connectivity index (χ3n) is 6.19. The molecule has 0 radical (unpaired) electrons. The van der Waals surface area contributed by atoms with Gasteiger partial charge in [-0.25, -0.2) is 4.98 Å². The highest BCUT2D eigenvalue weighted by atomic mass is 16.5. The SMILES string of the molecule is CN(C)CCCN(C)c1ccc2c(c1)ncn2-c1ccc(CC(=O)Nc2cc(C(C)(C)C)no2)cc1. The summed E-state index contributed by atoms with van der Waals surface area (Å²) in [6.07, 6.45) is 3.20. The summed E-state index contributed by atoms with van der Waals surface area (Å²) in [6, 6.07) is 16.1. The maximum absolute atomic E-state index is 12.5. The van der Waals surface area contributed by atoms with E-state index in [0.717, 1.165) is 53.2 Å². The molecule has 0 spiro atoms. The van der Waals surface area contributed by atoms with Gasteiger partial charge in [-0.05, 0) is 63.0 Å². The molecular weight excluding hydrogens is 452 g/mol. The van der Waals surface area contributed by atoms with Crippen LogP contribution in [0.25, 0.3) is 16.7 Å². The van der Waals surface area contributed by atoms with Crippen LogP contribution in [-0.4, -0.2) is 59.7 Å². The van der Waals surface area contributed by atoms with Crippen molar-refractivity contribution in [2.24, 2.45) is 0 Å². The summed E-state index contributed by atoms with van der Waals surface area (Å²) in [5, 5.41) is 6.84. The van der Waals surface area contributed by atoms with E-state index in [1.165, 1.54) is 0 Å². The number of imidazole rings is 1. The van der Waals surface area contributed by atoms with E-state index >= 15 is 0 Å². The minimum Gasteiger partial charge on any atom is -0.374 e. The number of rotatable bonds is 9. The number of hydrogen-bond acceptors (Lipinski definition) is 6. The number of nitrogens with zero attached hydrogens (tertiary/aromatic N) is 5. The van der Waals surface area contributed by atoms with Gasteiger partial charge in [-0.2, -0.15) is 0 Å². The Morgan fingerprint density at radius 1 is 1.03 bits per heavy atom. The Bertz CT molecular complexity index is 1310. The molecule has 190 valence electrons. The lowest BCUT2D eigenvalue weighted by molar-refractivity contribution is -0.115. The predicted octanol–water partition coefficient (Wildman–Crippen LogP) is 4.88. The summed E-state index contributed by atoms with van der Waals surface area (Å²) in [5.41, 5.74) is 5.75. The van der Waals surface area contributed by atoms with Gasteiger partial charge in [-0.3, -0.25) is 14.7 Å². The molecule has 0 unspecified atom stereocenters. The van der Waals surface area contributed by atoms with Gasteiger partial charge in [-0.15, -0.1) is 0 Å². The molecule has 0 aliphatic rings. The number of aromatic nitrogens is 3. The second-order valence-electron chi connectivity index (χ2n) is 10.6. The average molecular weight is 489 g/mol. The lowest BCUT2D eigenvalue weighted by Crippen LogP contribution is -2.23. The molecule has 0 fully saturated rings. The van der Waals surface area contributed by atoms with Gasteiger partial charge in [0.15, 0.2) is 0 Å². The van der Waals surface area contributed by atoms with Crippen LogP contribution in [0.15, 0.2) is 59.4 Å². The fourth-order valence-electron chi connectivity index (χ4n) is 4.03. The fourth-order valence-corrected chi connectivity index (χ4v) is 4.03. The summed E-state index contributed by atoms with van der Waals surface area (Å²) in [4.78, 5) is 21.6. The molecule has 4 aromatic rings. The number of fused-ring (bicyclic) bond motifs is 1. The van der Waals surface area contributed by atoms with Crippen molar-refractivity contribution in [2.75, 3.05) is 44.4 Å². The van der Waals surface area contributed by atoms with E-state index in [4.69, 9.17) is 4.52 Å². The third kappa shape index (κ3) is 6.12. The summed E-state index contributed by atoms with van der Waals surface area (Å²) in [5.74, 6) is 0.226. The van der Waals surface area contributed by atoms with Gasteiger partial charge in [0.2, 0.25) is 11.8 Å². The Balaban J connectivity index is 1.40. The zero-order valence-electron chi connectivity index (χ0n) is 22.1. The Hall–Kier alpha value is -3.65. The van der Waals surface area contributed by atoms with Crippen LogP contribution in [-0.2, 0) is 16.6 Å². The van der Waals surface area contributed by atoms with Crippen LogP contribution in [0.2, 0.25) is 0 Å². The summed E-state index contributed by atoms with van der Waals surface area (Å²) < 4.78 is 7.33. The van der Waals surface area contributed by atoms with Crippen molar-refractivity contribution in [3.05, 3.63) is 66.1 Å². The van der Waals surface area contributed by atoms with Crippen molar-refractivity contribution in [2.45, 2.75) is 39.0 Å². The van der Waals surface area contributed by atoms with Gasteiger partial charge < -0.3 is 14.3 Å². The van der Waals surface area contributed by atoms with E-state index in [2.05, 4.69) is 69.2 Å². The normalized spacial score (nSPS) is 11.9. The van der Waals surface area contributed by atoms with Gasteiger partial charge in [0, 0.05) is 36.4 Å². The minimum atomic E-state index is -0.144. The van der Waals surface area contributed by atoms with E-state index in [0.29, 0.717) is 5.88 Å². The molecule has 2 aromatic carbocycles. The van der Waals surface area contributed by atoms with E-state index in [9.17, 15) is 4.79 Å². The summed E-state index contributed by atoms with van der Waals surface area (Å²) in [7, 11) is 6.32. The molecule has 0 atom stereocenters. The Labute approximate surface area is 212 Å². The zero-order valence-corrected chi connectivity index (χ0v) is 22.1. The molecule has 2 heterocycles. The molecule has 1 N–H and O–H groups in total. The number of anilines is 2. The Morgan fingerprint density at radius 2 is 1.78 bits per heavy atom. The quantitative estimate of drug-likeness (QED) is 0.362. The highest BCUT2D eigenvalue weighted by Crippen LogP contribution is 2.25. The van der Waals surface area contributed by atoms with E-state index in [1.807, 2.05) is 51.4 Å². The van der Waals surface area contributed by atoms with Crippen molar-refractivity contribution in [3.8, 4) is 5.69 Å². The van der Waals surface area contributed by atoms with Crippen LogP contribution in [0, 0.1) is 0 Å². The smallest absolute Gasteiger partial charge is 0.231 e. The molecule has 36 heavy (non-hydrogen) atoms. The molecule has 0 saturated carbocycles. The van der Waals surface area contributed by atoms with Crippen molar-refractivity contribution >= 4 is 28.5 Å². The molecule has 2 aromatic heterocycles. The lowest BCUT2D eigenvalue weighted by atomic mass is 9.92. The first kappa shape index (κ1) is 25.4. The molecular formula is C28H36N6O2. The largest absolute Gasteiger partial charge is 0.374 e. The van der Waals surface area contributed by atoms with E-state index in [-0.39, 0.29) is 17.7 Å². The van der Waals surface area contributed by atoms with Crippen LogP contribution < -0.4 is 10.2 Å². The number of carbonyl (C=O) groups is 1. The summed E-state index contributed by atoms with van der Waals surface area (Å²) in [6.45, 7) is 8.20. The number of nitrogens with one attached hydrogen (secondary N) is 1. The Morgan fingerprint density at radius 3 is 2.44 bits per heavy atom. The first-order valence-electron chi connectivity index (χ1n) is 12.3. The van der Waals surface area contributed by atoms with Gasteiger partial charge in [0.05, 0.1) is 23.1 Å². The van der Waals surface area contributed by atoms with Gasteiger partial charge in [0.1, 0.15) is 6.33 Å². The van der Waals surface area contributed by atoms with Crippen molar-refractivity contribution in [3.63, 3.8) is 0 Å². The number of hydrogen-bond donors (Lipinski definition) is 1. The van der Waals surface area contributed by atoms with Crippen molar-refractivity contribution in [1.82, 2.24) is 19.6 Å². The van der Waals surface area contributed by atoms with Crippen molar-refractivity contribution < 1.29 is 9.32 Å². The predicted molar refractivity (Wildman–Crippen MR) is 145 cm³/mol.